The molecule has 182 valence electrons. The lowest BCUT2D eigenvalue weighted by atomic mass is 10.1. The van der Waals surface area contributed by atoms with Crippen LogP contribution in [-0.4, -0.2) is 36.2 Å². The van der Waals surface area contributed by atoms with Crippen molar-refractivity contribution < 1.29 is 33.0 Å². The van der Waals surface area contributed by atoms with Gasteiger partial charge in [-0.25, -0.2) is 4.79 Å². The second kappa shape index (κ2) is 10.8. The molecule has 0 atom stereocenters. The van der Waals surface area contributed by atoms with E-state index in [9.17, 15) is 19.6 Å². The molecule has 1 aromatic heterocycles. The molecule has 3 aromatic rings. The van der Waals surface area contributed by atoms with Gasteiger partial charge in [-0.2, -0.15) is 5.26 Å². The van der Waals surface area contributed by atoms with E-state index >= 15 is 0 Å². The van der Waals surface area contributed by atoms with Crippen LogP contribution in [0.1, 0.15) is 33.0 Å². The molecule has 0 unspecified atom stereocenters. The Morgan fingerprint density at radius 3 is 2.67 bits per heavy atom. The molecule has 10 heteroatoms. The Kier molecular flexibility index (Phi) is 7.42. The molecule has 0 bridgehead atoms. The summed E-state index contributed by atoms with van der Waals surface area (Å²) in [5.41, 5.74) is 1.91. The minimum absolute atomic E-state index is 0.0134. The molecule has 0 spiro atoms. The van der Waals surface area contributed by atoms with Crippen molar-refractivity contribution in [2.75, 3.05) is 14.2 Å². The molecule has 1 aliphatic rings. The van der Waals surface area contributed by atoms with Gasteiger partial charge in [-0.15, -0.1) is 0 Å². The molecule has 0 saturated carbocycles. The first-order valence-electron chi connectivity index (χ1n) is 10.6. The van der Waals surface area contributed by atoms with Gasteiger partial charge in [0.15, 0.2) is 11.5 Å². The Balaban J connectivity index is 1.47. The zero-order valence-electron chi connectivity index (χ0n) is 19.3. The van der Waals surface area contributed by atoms with E-state index < -0.39 is 17.1 Å². The van der Waals surface area contributed by atoms with Gasteiger partial charge in [0.2, 0.25) is 5.76 Å². The summed E-state index contributed by atoms with van der Waals surface area (Å²) in [7, 11) is 2.72. The molecule has 0 aliphatic carbocycles. The van der Waals surface area contributed by atoms with E-state index in [1.807, 2.05) is 12.1 Å². The fourth-order valence-electron chi connectivity index (χ4n) is 3.42. The molecule has 9 nitrogen and oxygen atoms in total. The van der Waals surface area contributed by atoms with Crippen LogP contribution >= 0.6 is 11.8 Å². The van der Waals surface area contributed by atoms with Crippen LogP contribution in [-0.2, 0) is 22.7 Å². The van der Waals surface area contributed by atoms with Gasteiger partial charge in [-0.05, 0) is 53.7 Å². The van der Waals surface area contributed by atoms with E-state index in [0.717, 1.165) is 22.2 Å². The van der Waals surface area contributed by atoms with Crippen molar-refractivity contribution in [3.05, 3.63) is 87.7 Å². The van der Waals surface area contributed by atoms with E-state index in [2.05, 4.69) is 10.8 Å². The predicted octanol–water partition coefficient (Wildman–Crippen LogP) is 4.76. The van der Waals surface area contributed by atoms with E-state index in [1.165, 1.54) is 26.4 Å². The van der Waals surface area contributed by atoms with Gasteiger partial charge in [0, 0.05) is 5.56 Å². The van der Waals surface area contributed by atoms with E-state index in [4.69, 9.17) is 13.9 Å². The smallest absolute Gasteiger partial charge is 0.373 e. The van der Waals surface area contributed by atoms with Gasteiger partial charge in [-0.1, -0.05) is 24.3 Å². The number of hydrogen-bond donors (Lipinski definition) is 0. The van der Waals surface area contributed by atoms with Gasteiger partial charge in [-0.3, -0.25) is 14.5 Å². The summed E-state index contributed by atoms with van der Waals surface area (Å²) >= 11 is 0.805. The number of hydrogen-bond acceptors (Lipinski definition) is 9. The summed E-state index contributed by atoms with van der Waals surface area (Å²) in [5, 5.41) is 8.79. The molecule has 2 amide bonds. The Bertz CT molecular complexity index is 1400. The van der Waals surface area contributed by atoms with Crippen LogP contribution in [0.4, 0.5) is 4.79 Å². The number of thioether (sulfide) groups is 1. The molecule has 4 rings (SSSR count). The van der Waals surface area contributed by atoms with Crippen molar-refractivity contribution in [3.8, 4) is 17.6 Å². The molecule has 36 heavy (non-hydrogen) atoms. The average molecular weight is 505 g/mol. The summed E-state index contributed by atoms with van der Waals surface area (Å²) in [6.45, 7) is 0.0715. The number of nitriles is 1. The van der Waals surface area contributed by atoms with Crippen molar-refractivity contribution >= 4 is 35.0 Å². The van der Waals surface area contributed by atoms with Crippen LogP contribution in [0.2, 0.25) is 0 Å². The van der Waals surface area contributed by atoms with Crippen molar-refractivity contribution in [3.63, 3.8) is 0 Å². The van der Waals surface area contributed by atoms with Gasteiger partial charge in [0.05, 0.1) is 37.3 Å². The fraction of sp³-hybridized carbons (Fsp3) is 0.154. The number of rotatable bonds is 8. The predicted molar refractivity (Wildman–Crippen MR) is 130 cm³/mol. The summed E-state index contributed by atoms with van der Waals surface area (Å²) < 4.78 is 21.3. The lowest BCUT2D eigenvalue weighted by molar-refractivity contribution is -0.123. The lowest BCUT2D eigenvalue weighted by Crippen LogP contribution is -2.27. The number of benzene rings is 2. The topological polar surface area (TPSA) is 119 Å². The van der Waals surface area contributed by atoms with Crippen LogP contribution in [0.25, 0.3) is 6.08 Å². The van der Waals surface area contributed by atoms with Crippen molar-refractivity contribution in [1.82, 2.24) is 4.90 Å². The highest BCUT2D eigenvalue weighted by atomic mass is 32.2. The Labute approximate surface area is 210 Å². The number of carbonyl (C=O) groups is 3. The van der Waals surface area contributed by atoms with Gasteiger partial charge >= 0.3 is 5.97 Å². The normalized spacial score (nSPS) is 14.1. The van der Waals surface area contributed by atoms with Gasteiger partial charge < -0.3 is 18.6 Å². The quantitative estimate of drug-likeness (QED) is 0.316. The highest BCUT2D eigenvalue weighted by Crippen LogP contribution is 2.35. The number of methoxy groups -OCH3 is 2. The van der Waals surface area contributed by atoms with Gasteiger partial charge in [0.1, 0.15) is 12.4 Å². The monoisotopic (exact) mass is 504 g/mol. The maximum absolute atomic E-state index is 12.9. The van der Waals surface area contributed by atoms with Crippen molar-refractivity contribution in [2.24, 2.45) is 0 Å². The molecule has 1 fully saturated rings. The number of ether oxygens (including phenoxy) is 3. The minimum Gasteiger partial charge on any atom is -0.493 e. The second-order valence-corrected chi connectivity index (χ2v) is 8.49. The standard InChI is InChI=1S/C26H20N2O7S/c1-32-22-11-16(7-9-20(22)34-15-18-6-4-3-5-17(18)13-27)12-23-24(29)28(26(31)36-23)14-19-8-10-21(35-19)25(30)33-2/h3-12H,14-15H2,1-2H3/b23-12+. The number of imide groups is 1. The summed E-state index contributed by atoms with van der Waals surface area (Å²) in [5.74, 6) is 0.0399. The zero-order valence-corrected chi connectivity index (χ0v) is 20.2. The molecule has 2 aromatic carbocycles. The third-order valence-electron chi connectivity index (χ3n) is 5.24. The molecule has 0 radical (unpaired) electrons. The lowest BCUT2D eigenvalue weighted by Gasteiger charge is -2.12. The zero-order chi connectivity index (χ0) is 25.7. The van der Waals surface area contributed by atoms with Crippen LogP contribution in [0.3, 0.4) is 0 Å². The number of esters is 1. The summed E-state index contributed by atoms with van der Waals surface area (Å²) in [6, 6.07) is 17.3. The Morgan fingerprint density at radius 1 is 1.11 bits per heavy atom. The molecular formula is C26H20N2O7S. The Morgan fingerprint density at radius 2 is 1.92 bits per heavy atom. The average Bonchev–Trinajstić information content (AvgIpc) is 3.47. The van der Waals surface area contributed by atoms with E-state index in [-0.39, 0.29) is 29.6 Å². The number of nitrogens with zero attached hydrogens (tertiary/aromatic N) is 2. The molecule has 1 aliphatic heterocycles. The van der Waals surface area contributed by atoms with E-state index in [0.29, 0.717) is 22.6 Å². The Hall–Kier alpha value is -4.49. The van der Waals surface area contributed by atoms with Crippen molar-refractivity contribution in [2.45, 2.75) is 13.2 Å². The van der Waals surface area contributed by atoms with Gasteiger partial charge in [0.25, 0.3) is 11.1 Å². The first kappa shape index (κ1) is 24.6. The number of carbonyl (C=O) groups excluding carboxylic acids is 3. The molecule has 1 saturated heterocycles. The fourth-order valence-corrected chi connectivity index (χ4v) is 4.26. The summed E-state index contributed by atoms with van der Waals surface area (Å²) in [6.07, 6.45) is 1.59. The second-order valence-electron chi connectivity index (χ2n) is 7.49. The highest BCUT2D eigenvalue weighted by Gasteiger charge is 2.35. The third-order valence-corrected chi connectivity index (χ3v) is 6.15. The SMILES string of the molecule is COC(=O)c1ccc(CN2C(=O)S/C(=C/c3ccc(OCc4ccccc4C#N)c(OC)c3)C2=O)o1. The van der Waals surface area contributed by atoms with Crippen LogP contribution in [0.15, 0.2) is 63.9 Å². The van der Waals surface area contributed by atoms with E-state index in [1.54, 1.807) is 36.4 Å². The maximum Gasteiger partial charge on any atom is 0.373 e. The minimum atomic E-state index is -0.647. The van der Waals surface area contributed by atoms with Crippen molar-refractivity contribution in [1.29, 1.82) is 5.26 Å². The highest BCUT2D eigenvalue weighted by molar-refractivity contribution is 8.18. The van der Waals surface area contributed by atoms with Crippen LogP contribution in [0.5, 0.6) is 11.5 Å². The van der Waals surface area contributed by atoms with Crippen LogP contribution < -0.4 is 9.47 Å². The largest absolute Gasteiger partial charge is 0.493 e. The summed E-state index contributed by atoms with van der Waals surface area (Å²) in [4.78, 5) is 38.2. The van der Waals surface area contributed by atoms with Crippen LogP contribution in [0, 0.1) is 11.3 Å². The number of furan rings is 1. The third kappa shape index (κ3) is 5.26. The number of amides is 2. The molecular weight excluding hydrogens is 484 g/mol. The molecule has 0 N–H and O–H groups in total. The molecule has 2 heterocycles. The first-order valence-corrected chi connectivity index (χ1v) is 11.5. The first-order chi connectivity index (χ1) is 17.4. The maximum atomic E-state index is 12.9.